The van der Waals surface area contributed by atoms with Crippen molar-refractivity contribution in [2.45, 2.75) is 12.0 Å². The maximum absolute atomic E-state index is 5.48. The summed E-state index contributed by atoms with van der Waals surface area (Å²) in [6.07, 6.45) is 7.25. The Balaban J connectivity index is 0.928. The van der Waals surface area contributed by atoms with E-state index in [0.29, 0.717) is 5.95 Å². The Morgan fingerprint density at radius 1 is 0.338 bits per heavy atom. The van der Waals surface area contributed by atoms with Crippen LogP contribution in [0.25, 0.3) is 100 Å². The van der Waals surface area contributed by atoms with E-state index in [1.165, 1.54) is 55.9 Å². The van der Waals surface area contributed by atoms with Gasteiger partial charge >= 0.3 is 0 Å². The van der Waals surface area contributed by atoms with Crippen molar-refractivity contribution in [1.82, 2.24) is 14.5 Å². The monoisotopic (exact) mass is 944 g/mol. The van der Waals surface area contributed by atoms with Crippen LogP contribution in [0.3, 0.4) is 0 Å². The lowest BCUT2D eigenvalue weighted by Crippen LogP contribution is -2.28. The molecule has 0 fully saturated rings. The Labute approximate surface area is 431 Å². The summed E-state index contributed by atoms with van der Waals surface area (Å²) in [6, 6.07) is 93.8. The summed E-state index contributed by atoms with van der Waals surface area (Å²) in [4.78, 5) is 13.5. The van der Waals surface area contributed by atoms with Crippen LogP contribution < -0.4 is 4.90 Å². The first-order valence-corrected chi connectivity index (χ1v) is 25.5. The zero-order chi connectivity index (χ0) is 49.0. The van der Waals surface area contributed by atoms with Gasteiger partial charge in [-0.3, -0.25) is 4.57 Å². The van der Waals surface area contributed by atoms with Gasteiger partial charge in [-0.05, 0) is 116 Å². The highest BCUT2D eigenvalue weighted by atomic mass is 15.2. The second kappa shape index (κ2) is 18.2. The lowest BCUT2D eigenvalue weighted by Gasteiger charge is -2.29. The highest BCUT2D eigenvalue weighted by molar-refractivity contribution is 6.11. The second-order valence-electron chi connectivity index (χ2n) is 19.3. The molecule has 0 radical (unpaired) electrons. The van der Waals surface area contributed by atoms with E-state index in [1.54, 1.807) is 0 Å². The van der Waals surface area contributed by atoms with Crippen LogP contribution in [0.15, 0.2) is 279 Å². The molecule has 4 nitrogen and oxygen atoms in total. The quantitative estimate of drug-likeness (QED) is 0.145. The predicted molar refractivity (Wildman–Crippen MR) is 308 cm³/mol. The largest absolute Gasteiger partial charge is 0.333 e. The number of rotatable bonds is 9. The van der Waals surface area contributed by atoms with Gasteiger partial charge in [0.15, 0.2) is 0 Å². The lowest BCUT2D eigenvalue weighted by atomic mass is 9.85. The molecule has 348 valence electrons. The molecule has 12 aromatic rings. The number of aromatic nitrogens is 3. The Bertz CT molecular complexity index is 3990. The van der Waals surface area contributed by atoms with Crippen molar-refractivity contribution in [2.75, 3.05) is 4.90 Å². The first-order chi connectivity index (χ1) is 36.7. The van der Waals surface area contributed by atoms with Crippen LogP contribution in [-0.4, -0.2) is 20.6 Å². The van der Waals surface area contributed by atoms with Crippen LogP contribution in [0.2, 0.25) is 0 Å². The van der Waals surface area contributed by atoms with Gasteiger partial charge in [0.1, 0.15) is 0 Å². The molecule has 0 amide bonds. The van der Waals surface area contributed by atoms with Gasteiger partial charge in [0.2, 0.25) is 5.95 Å². The number of hydrogen-bond acceptors (Lipinski definition) is 3. The molecule has 10 aromatic carbocycles. The molecule has 1 aliphatic heterocycles. The molecular weight excluding hydrogens is 897 g/mol. The fourth-order valence-electron chi connectivity index (χ4n) is 11.3. The molecule has 0 saturated carbocycles. The molecule has 0 saturated heterocycles. The summed E-state index contributed by atoms with van der Waals surface area (Å²) >= 11 is 0. The minimum atomic E-state index is 0.143. The van der Waals surface area contributed by atoms with Gasteiger partial charge in [0, 0.05) is 39.2 Å². The van der Waals surface area contributed by atoms with Gasteiger partial charge in [-0.1, -0.05) is 224 Å². The summed E-state index contributed by atoms with van der Waals surface area (Å²) in [5.74, 6) is 0.767. The Morgan fingerprint density at radius 3 is 1.27 bits per heavy atom. The summed E-state index contributed by atoms with van der Waals surface area (Å²) in [5.41, 5.74) is 21.5. The van der Waals surface area contributed by atoms with Crippen molar-refractivity contribution in [3.8, 4) is 73.0 Å². The SMILES string of the molecule is C1=CC2C(C=C1c1ccc3c(c1)c1cc(-c4ccccc4)ccc1n3-c1nc(-c3ccc(-c4ccccc4)cc3)cc(-c3ccc(-c4ccccc4)cc3)n1)c1cc(-c3ccccc3)ccc1N2c1ccccc1. The molecule has 3 heterocycles. The van der Waals surface area contributed by atoms with E-state index in [0.717, 1.165) is 61.0 Å². The number of hydrogen-bond donors (Lipinski definition) is 0. The highest BCUT2D eigenvalue weighted by Crippen LogP contribution is 2.50. The average molecular weight is 945 g/mol. The normalized spacial score (nSPS) is 14.8. The molecule has 0 N–H and O–H groups in total. The third kappa shape index (κ3) is 7.72. The Hall–Kier alpha value is -9.64. The van der Waals surface area contributed by atoms with E-state index < -0.39 is 0 Å². The smallest absolute Gasteiger partial charge is 0.235 e. The summed E-state index contributed by atoms with van der Waals surface area (Å²) in [7, 11) is 0. The van der Waals surface area contributed by atoms with Crippen LogP contribution in [0.5, 0.6) is 0 Å². The molecule has 0 bridgehead atoms. The predicted octanol–water partition coefficient (Wildman–Crippen LogP) is 17.8. The second-order valence-corrected chi connectivity index (χ2v) is 19.3. The van der Waals surface area contributed by atoms with Crippen LogP contribution in [0.4, 0.5) is 11.4 Å². The highest BCUT2D eigenvalue weighted by Gasteiger charge is 2.38. The maximum atomic E-state index is 5.48. The van der Waals surface area contributed by atoms with Crippen LogP contribution in [-0.2, 0) is 0 Å². The van der Waals surface area contributed by atoms with Gasteiger partial charge in [0.25, 0.3) is 0 Å². The van der Waals surface area contributed by atoms with E-state index in [2.05, 4.69) is 289 Å². The van der Waals surface area contributed by atoms with Crippen molar-refractivity contribution in [3.05, 3.63) is 290 Å². The topological polar surface area (TPSA) is 34.0 Å². The van der Waals surface area contributed by atoms with Gasteiger partial charge in [0.05, 0.1) is 28.5 Å². The third-order valence-electron chi connectivity index (χ3n) is 15.0. The molecule has 2 atom stereocenters. The van der Waals surface area contributed by atoms with Crippen molar-refractivity contribution in [3.63, 3.8) is 0 Å². The summed E-state index contributed by atoms with van der Waals surface area (Å²) in [5, 5.41) is 2.29. The van der Waals surface area contributed by atoms with Gasteiger partial charge in [-0.2, -0.15) is 0 Å². The number of allylic oxidation sites excluding steroid dienone is 2. The molecule has 0 spiro atoms. The zero-order valence-electron chi connectivity index (χ0n) is 40.5. The summed E-state index contributed by atoms with van der Waals surface area (Å²) < 4.78 is 2.27. The number of nitrogens with zero attached hydrogens (tertiary/aromatic N) is 4. The molecular formula is C70H48N4. The van der Waals surface area contributed by atoms with E-state index in [4.69, 9.17) is 9.97 Å². The van der Waals surface area contributed by atoms with Crippen molar-refractivity contribution < 1.29 is 0 Å². The van der Waals surface area contributed by atoms with E-state index in [-0.39, 0.29) is 12.0 Å². The standard InChI is InChI=1S/C70H48N4/c1-6-16-47(17-7-1)51-26-30-53(31-27-51)64-46-65(54-32-28-52(29-33-54)48-18-8-2-9-19-48)72-70(71-64)74-68-40-35-56(50-22-12-4-13-23-50)43-62(68)63-45-58(37-41-69(63)74)57-36-39-67-61(44-57)60-42-55(49-20-10-3-11-21-49)34-38-66(60)73(67)59-24-14-5-15-25-59/h1-46,61,67H. The van der Waals surface area contributed by atoms with E-state index >= 15 is 0 Å². The lowest BCUT2D eigenvalue weighted by molar-refractivity contribution is 0.747. The number of benzene rings is 10. The molecule has 2 aliphatic rings. The van der Waals surface area contributed by atoms with Crippen molar-refractivity contribution in [1.29, 1.82) is 0 Å². The van der Waals surface area contributed by atoms with Crippen LogP contribution in [0, 0.1) is 0 Å². The minimum Gasteiger partial charge on any atom is -0.333 e. The number of fused-ring (bicyclic) bond motifs is 6. The average Bonchev–Trinajstić information content (AvgIpc) is 3.99. The van der Waals surface area contributed by atoms with Gasteiger partial charge in [-0.25, -0.2) is 9.97 Å². The van der Waals surface area contributed by atoms with Crippen LogP contribution in [0.1, 0.15) is 17.0 Å². The minimum absolute atomic E-state index is 0.143. The van der Waals surface area contributed by atoms with E-state index in [9.17, 15) is 0 Å². The molecule has 1 aliphatic carbocycles. The van der Waals surface area contributed by atoms with Gasteiger partial charge in [-0.15, -0.1) is 0 Å². The summed E-state index contributed by atoms with van der Waals surface area (Å²) in [6.45, 7) is 0. The molecule has 4 heteroatoms. The molecule has 2 unspecified atom stereocenters. The fourth-order valence-corrected chi connectivity index (χ4v) is 11.3. The van der Waals surface area contributed by atoms with E-state index in [1.807, 2.05) is 0 Å². The Kier molecular flexibility index (Phi) is 10.6. The number of anilines is 2. The van der Waals surface area contributed by atoms with Crippen LogP contribution >= 0.6 is 0 Å². The van der Waals surface area contributed by atoms with Crippen molar-refractivity contribution >= 4 is 38.8 Å². The Morgan fingerprint density at radius 2 is 0.743 bits per heavy atom. The fraction of sp³-hybridized carbons (Fsp3) is 0.0286. The third-order valence-corrected chi connectivity index (χ3v) is 15.0. The zero-order valence-corrected chi connectivity index (χ0v) is 40.5. The van der Waals surface area contributed by atoms with Crippen molar-refractivity contribution in [2.24, 2.45) is 0 Å². The first-order valence-electron chi connectivity index (χ1n) is 25.5. The molecule has 74 heavy (non-hydrogen) atoms. The number of para-hydroxylation sites is 1. The first kappa shape index (κ1) is 43.2. The maximum Gasteiger partial charge on any atom is 0.235 e. The molecule has 2 aromatic heterocycles. The van der Waals surface area contributed by atoms with Gasteiger partial charge < -0.3 is 4.90 Å². The molecule has 14 rings (SSSR count).